The minimum Gasteiger partial charge on any atom is -0.390 e. The molecule has 1 amide bonds. The first-order valence-corrected chi connectivity index (χ1v) is 11.9. The van der Waals surface area contributed by atoms with Crippen LogP contribution in [0.3, 0.4) is 0 Å². The van der Waals surface area contributed by atoms with Gasteiger partial charge in [-0.2, -0.15) is 0 Å². The van der Waals surface area contributed by atoms with Crippen LogP contribution in [0.1, 0.15) is 57.1 Å². The molecule has 1 saturated heterocycles. The predicted octanol–water partition coefficient (Wildman–Crippen LogP) is 6.57. The molecular formula is C27H33Cl2NO2. The first kappa shape index (κ1) is 24.8. The molecule has 3 rings (SSSR count). The Morgan fingerprint density at radius 2 is 1.91 bits per heavy atom. The van der Waals surface area contributed by atoms with Crippen LogP contribution in [-0.4, -0.2) is 22.7 Å². The van der Waals surface area contributed by atoms with Gasteiger partial charge in [0.05, 0.1) is 11.0 Å². The van der Waals surface area contributed by atoms with Crippen molar-refractivity contribution in [3.63, 3.8) is 0 Å². The van der Waals surface area contributed by atoms with Crippen molar-refractivity contribution in [2.75, 3.05) is 0 Å². The van der Waals surface area contributed by atoms with E-state index in [0.29, 0.717) is 22.9 Å². The molecule has 0 spiro atoms. The number of piperidine rings is 1. The second-order valence-corrected chi connectivity index (χ2v) is 10.7. The summed E-state index contributed by atoms with van der Waals surface area (Å²) in [6.45, 7) is 9.51. The van der Waals surface area contributed by atoms with Crippen molar-refractivity contribution in [3.05, 3.63) is 82.4 Å². The maximum absolute atomic E-state index is 13.2. The monoisotopic (exact) mass is 473 g/mol. The van der Waals surface area contributed by atoms with Gasteiger partial charge < -0.3 is 10.4 Å². The van der Waals surface area contributed by atoms with Crippen molar-refractivity contribution in [2.45, 2.75) is 64.0 Å². The Labute approximate surface area is 201 Å². The number of halogens is 2. The number of carbonyl (C=O) groups excluding carboxylic acids is 1. The van der Waals surface area contributed by atoms with Crippen LogP contribution in [0.5, 0.6) is 0 Å². The Morgan fingerprint density at radius 3 is 2.50 bits per heavy atom. The van der Waals surface area contributed by atoms with Gasteiger partial charge in [-0.3, -0.25) is 4.79 Å². The van der Waals surface area contributed by atoms with E-state index in [-0.39, 0.29) is 23.8 Å². The molecule has 3 nitrogen and oxygen atoms in total. The Bertz CT molecular complexity index is 951. The van der Waals surface area contributed by atoms with Gasteiger partial charge in [0.15, 0.2) is 0 Å². The van der Waals surface area contributed by atoms with E-state index >= 15 is 0 Å². The number of hydrogen-bond acceptors (Lipinski definition) is 2. The Kier molecular flexibility index (Phi) is 7.75. The fraction of sp³-hybridized carbons (Fsp3) is 0.444. The van der Waals surface area contributed by atoms with Crippen LogP contribution in [0.4, 0.5) is 0 Å². The molecule has 1 fully saturated rings. The summed E-state index contributed by atoms with van der Waals surface area (Å²) >= 11 is 12.4. The molecule has 1 aliphatic rings. The molecule has 0 saturated carbocycles. The quantitative estimate of drug-likeness (QED) is 0.426. The molecule has 5 heteroatoms. The van der Waals surface area contributed by atoms with Gasteiger partial charge in [-0.15, -0.1) is 6.58 Å². The lowest BCUT2D eigenvalue weighted by Gasteiger charge is -2.48. The number of hydrogen-bond donors (Lipinski definition) is 2. The van der Waals surface area contributed by atoms with Crippen LogP contribution < -0.4 is 5.32 Å². The number of allylic oxidation sites excluding steroid dienone is 1. The molecule has 2 aromatic carbocycles. The van der Waals surface area contributed by atoms with Crippen LogP contribution in [0.15, 0.2) is 61.2 Å². The first-order valence-electron chi connectivity index (χ1n) is 11.2. The summed E-state index contributed by atoms with van der Waals surface area (Å²) in [5.74, 6) is -0.112. The lowest BCUT2D eigenvalue weighted by Crippen LogP contribution is -2.59. The van der Waals surface area contributed by atoms with E-state index in [1.54, 1.807) is 0 Å². The summed E-state index contributed by atoms with van der Waals surface area (Å²) in [6, 6.07) is 15.4. The predicted molar refractivity (Wildman–Crippen MR) is 133 cm³/mol. The van der Waals surface area contributed by atoms with Gasteiger partial charge in [-0.1, -0.05) is 60.5 Å². The van der Waals surface area contributed by atoms with E-state index in [4.69, 9.17) is 23.2 Å². The Hall–Kier alpha value is -1.81. The number of rotatable bonds is 8. The highest BCUT2D eigenvalue weighted by molar-refractivity contribution is 6.30. The zero-order valence-electron chi connectivity index (χ0n) is 19.1. The number of aryl methyl sites for hydroxylation is 1. The van der Waals surface area contributed by atoms with Gasteiger partial charge in [-0.05, 0) is 74.9 Å². The topological polar surface area (TPSA) is 49.3 Å². The standard InChI is InChI=1S/C27H33Cl2NO2/c1-5-15-27(4)17-22(19-7-6-8-21(29)16-19)24(30-25(27)31)23(26(2,3)32)14-11-18-9-12-20(28)13-10-18/h5-10,12-13,16,22-24,32H,1,11,14-15,17H2,2-4H3,(H,30,31)/t22-,23+,24+,27+/m1/s1. The smallest absolute Gasteiger partial charge is 0.226 e. The second-order valence-electron chi connectivity index (χ2n) is 9.84. The molecule has 1 aliphatic heterocycles. The van der Waals surface area contributed by atoms with Gasteiger partial charge in [0.1, 0.15) is 0 Å². The summed E-state index contributed by atoms with van der Waals surface area (Å²) in [7, 11) is 0. The minimum atomic E-state index is -0.979. The number of amides is 1. The third-order valence-corrected chi connectivity index (χ3v) is 7.31. The average molecular weight is 474 g/mol. The maximum Gasteiger partial charge on any atom is 0.226 e. The second kappa shape index (κ2) is 9.99. The van der Waals surface area contributed by atoms with Crippen molar-refractivity contribution in [3.8, 4) is 0 Å². The summed E-state index contributed by atoms with van der Waals surface area (Å²) in [4.78, 5) is 13.2. The lowest BCUT2D eigenvalue weighted by atomic mass is 9.64. The number of aliphatic hydroxyl groups is 1. The normalized spacial score (nSPS) is 24.6. The van der Waals surface area contributed by atoms with Gasteiger partial charge in [0, 0.05) is 27.9 Å². The molecule has 4 atom stereocenters. The number of nitrogens with one attached hydrogen (secondary N) is 1. The van der Waals surface area contributed by atoms with Crippen LogP contribution >= 0.6 is 23.2 Å². The van der Waals surface area contributed by atoms with Crippen LogP contribution in [0.2, 0.25) is 10.0 Å². The molecule has 32 heavy (non-hydrogen) atoms. The van der Waals surface area contributed by atoms with E-state index in [2.05, 4.69) is 18.0 Å². The Balaban J connectivity index is 1.96. The fourth-order valence-corrected chi connectivity index (χ4v) is 5.34. The molecular weight excluding hydrogens is 441 g/mol. The fourth-order valence-electron chi connectivity index (χ4n) is 5.01. The van der Waals surface area contributed by atoms with E-state index in [9.17, 15) is 9.90 Å². The molecule has 0 aromatic heterocycles. The molecule has 1 heterocycles. The summed E-state index contributed by atoms with van der Waals surface area (Å²) in [6.07, 6.45) is 4.59. The molecule has 0 bridgehead atoms. The summed E-state index contributed by atoms with van der Waals surface area (Å²) < 4.78 is 0. The van der Waals surface area contributed by atoms with Gasteiger partial charge in [0.25, 0.3) is 0 Å². The van der Waals surface area contributed by atoms with E-state index in [1.807, 2.05) is 69.3 Å². The molecule has 2 aromatic rings. The van der Waals surface area contributed by atoms with Crippen molar-refractivity contribution in [1.29, 1.82) is 0 Å². The zero-order chi connectivity index (χ0) is 23.5. The Morgan fingerprint density at radius 1 is 1.22 bits per heavy atom. The highest BCUT2D eigenvalue weighted by Crippen LogP contribution is 2.45. The van der Waals surface area contributed by atoms with Crippen molar-refractivity contribution < 1.29 is 9.90 Å². The maximum atomic E-state index is 13.2. The van der Waals surface area contributed by atoms with Crippen molar-refractivity contribution in [1.82, 2.24) is 5.32 Å². The summed E-state index contributed by atoms with van der Waals surface area (Å²) in [5, 5.41) is 15.9. The van der Waals surface area contributed by atoms with Crippen molar-refractivity contribution >= 4 is 29.1 Å². The lowest BCUT2D eigenvalue weighted by molar-refractivity contribution is -0.137. The van der Waals surface area contributed by atoms with Gasteiger partial charge in [0.2, 0.25) is 5.91 Å². The first-order chi connectivity index (χ1) is 15.0. The summed E-state index contributed by atoms with van der Waals surface area (Å²) in [5.41, 5.74) is 0.707. The molecule has 2 N–H and O–H groups in total. The third-order valence-electron chi connectivity index (χ3n) is 6.82. The van der Waals surface area contributed by atoms with Crippen LogP contribution in [-0.2, 0) is 11.2 Å². The van der Waals surface area contributed by atoms with Crippen LogP contribution in [0.25, 0.3) is 0 Å². The minimum absolute atomic E-state index is 0.0152. The number of carbonyl (C=O) groups is 1. The van der Waals surface area contributed by atoms with Gasteiger partial charge >= 0.3 is 0 Å². The molecule has 0 unspecified atom stereocenters. The SMILES string of the molecule is C=CC[C@@]1(C)C[C@H](c2cccc(Cl)c2)[C@@H]([C@H](CCc2ccc(Cl)cc2)C(C)(C)O)NC1=O. The number of benzene rings is 2. The third kappa shape index (κ3) is 5.75. The molecule has 172 valence electrons. The van der Waals surface area contributed by atoms with Gasteiger partial charge in [-0.25, -0.2) is 0 Å². The van der Waals surface area contributed by atoms with E-state index in [0.717, 1.165) is 24.0 Å². The van der Waals surface area contributed by atoms with Crippen molar-refractivity contribution in [2.24, 2.45) is 11.3 Å². The molecule has 0 aliphatic carbocycles. The zero-order valence-corrected chi connectivity index (χ0v) is 20.6. The van der Waals surface area contributed by atoms with Crippen LogP contribution in [0, 0.1) is 11.3 Å². The average Bonchev–Trinajstić information content (AvgIpc) is 2.71. The van der Waals surface area contributed by atoms with E-state index in [1.165, 1.54) is 0 Å². The van der Waals surface area contributed by atoms with E-state index < -0.39 is 11.0 Å². The largest absolute Gasteiger partial charge is 0.390 e. The molecule has 0 radical (unpaired) electrons. The highest BCUT2D eigenvalue weighted by atomic mass is 35.5. The highest BCUT2D eigenvalue weighted by Gasteiger charge is 2.48.